The van der Waals surface area contributed by atoms with Crippen LogP contribution in [-0.4, -0.2) is 148 Å². The Kier molecular flexibility index (Phi) is 17.9. The standard InChI is InChI=1S/5C3H6O4.Al.Mg/c5*1-3(6,7)2(4)5;;/h5*6-7H,1H3,(H,4,5);;/q;;;;;+3;+2/p-5. The minimum Gasteiger partial charge on any atom is -0.547 e. The molecule has 0 aliphatic rings. The van der Waals surface area contributed by atoms with E-state index in [0.717, 1.165) is 0 Å². The van der Waals surface area contributed by atoms with E-state index in [4.69, 9.17) is 51.1 Å². The zero-order valence-corrected chi connectivity index (χ0v) is 22.4. The minimum atomic E-state index is -4.22. The molecule has 20 nitrogen and oxygen atoms in total. The van der Waals surface area contributed by atoms with Crippen LogP contribution in [0.3, 0.4) is 0 Å². The van der Waals surface area contributed by atoms with E-state index in [1.165, 1.54) is 0 Å². The third-order valence-corrected chi connectivity index (χ3v) is 3.76. The van der Waals surface area contributed by atoms with Gasteiger partial charge in [0.1, 0.15) is 0 Å². The Morgan fingerprint density at radius 2 is 0.622 bits per heavy atom. The number of carbonyl (C=O) groups excluding carboxylic acids is 5. The largest absolute Gasteiger partial charge is 2.00 e. The van der Waals surface area contributed by atoms with Crippen LogP contribution < -0.4 is 10.2 Å². The fourth-order valence-corrected chi connectivity index (χ4v) is 2.01. The van der Waals surface area contributed by atoms with E-state index >= 15 is 0 Å². The molecule has 0 atom stereocenters. The molecule has 0 fully saturated rings. The van der Waals surface area contributed by atoms with Crippen LogP contribution in [0.15, 0.2) is 0 Å². The molecule has 0 spiro atoms. The van der Waals surface area contributed by atoms with Gasteiger partial charge in [-0.1, -0.05) is 0 Å². The van der Waals surface area contributed by atoms with Gasteiger partial charge >= 0.3 is 56.1 Å². The molecule has 37 heavy (non-hydrogen) atoms. The minimum absolute atomic E-state index is 0. The van der Waals surface area contributed by atoms with Crippen molar-refractivity contribution in [3.8, 4) is 0 Å². The molecule has 0 rings (SSSR count). The number of carbonyl (C=O) groups is 5. The van der Waals surface area contributed by atoms with Gasteiger partial charge < -0.3 is 82.2 Å². The summed E-state index contributed by atoms with van der Waals surface area (Å²) < 4.78 is 12.6. The predicted molar refractivity (Wildman–Crippen MR) is 104 cm³/mol. The first-order valence-electron chi connectivity index (χ1n) is 8.73. The monoisotopic (exact) mass is 576 g/mol. The van der Waals surface area contributed by atoms with Gasteiger partial charge in [-0.15, -0.1) is 0 Å². The van der Waals surface area contributed by atoms with Crippen LogP contribution in [0.5, 0.6) is 0 Å². The first kappa shape index (κ1) is 42.3. The Morgan fingerprint density at radius 1 is 0.486 bits per heavy atom. The maximum atomic E-state index is 11.2. The van der Waals surface area contributed by atoms with Crippen molar-refractivity contribution in [2.45, 2.75) is 63.6 Å². The van der Waals surface area contributed by atoms with Crippen LogP contribution in [0.25, 0.3) is 0 Å². The maximum Gasteiger partial charge on any atom is 2.00 e. The van der Waals surface area contributed by atoms with E-state index in [0.29, 0.717) is 34.6 Å². The Bertz CT molecular complexity index is 687. The normalized spacial score (nSPS) is 11.6. The summed E-state index contributed by atoms with van der Waals surface area (Å²) in [6.07, 6.45) is 0. The summed E-state index contributed by atoms with van der Waals surface area (Å²) in [6, 6.07) is 0. The number of aliphatic hydroxyl groups is 10. The maximum absolute atomic E-state index is 11.2. The number of hydrogen-bond acceptors (Lipinski definition) is 20. The van der Waals surface area contributed by atoms with Crippen LogP contribution in [0.4, 0.5) is 0 Å². The zero-order valence-electron chi connectivity index (χ0n) is 19.8. The molecule has 0 unspecified atom stereocenters. The molecular formula is C15H25AlMgO20. The third-order valence-electron chi connectivity index (χ3n) is 2.54. The Hall–Kier alpha value is -1.75. The van der Waals surface area contributed by atoms with Crippen LogP contribution in [0.2, 0.25) is 0 Å². The molecule has 0 aromatic carbocycles. The van der Waals surface area contributed by atoms with Gasteiger partial charge in [0.05, 0.1) is 11.9 Å². The first-order chi connectivity index (χ1) is 15.4. The molecule has 10 N–H and O–H groups in total. The van der Waals surface area contributed by atoms with Crippen molar-refractivity contribution in [1.29, 1.82) is 0 Å². The second-order valence-corrected chi connectivity index (χ2v) is 8.47. The van der Waals surface area contributed by atoms with Crippen molar-refractivity contribution >= 4 is 68.0 Å². The average molecular weight is 577 g/mol. The molecule has 0 amide bonds. The van der Waals surface area contributed by atoms with Crippen LogP contribution >= 0.6 is 0 Å². The van der Waals surface area contributed by atoms with E-state index in [9.17, 15) is 34.2 Å². The van der Waals surface area contributed by atoms with Crippen LogP contribution in [0, 0.1) is 0 Å². The molecule has 0 saturated heterocycles. The topological polar surface area (TPSA) is 361 Å². The van der Waals surface area contributed by atoms with E-state index in [1.807, 2.05) is 0 Å². The van der Waals surface area contributed by atoms with Crippen molar-refractivity contribution in [2.24, 2.45) is 0 Å². The van der Waals surface area contributed by atoms with Crippen molar-refractivity contribution < 1.29 is 96.6 Å². The van der Waals surface area contributed by atoms with E-state index in [1.54, 1.807) is 0 Å². The van der Waals surface area contributed by atoms with Crippen molar-refractivity contribution in [3.05, 3.63) is 0 Å². The van der Waals surface area contributed by atoms with E-state index in [2.05, 4.69) is 11.4 Å². The number of aliphatic carboxylic acids is 2. The molecule has 0 aliphatic carbocycles. The third kappa shape index (κ3) is 22.0. The number of rotatable bonds is 8. The molecule has 210 valence electrons. The summed E-state index contributed by atoms with van der Waals surface area (Å²) in [5.41, 5.74) is 0. The van der Waals surface area contributed by atoms with Gasteiger partial charge in [0.2, 0.25) is 11.6 Å². The van der Waals surface area contributed by atoms with Crippen molar-refractivity contribution in [1.82, 2.24) is 0 Å². The molecular weight excluding hydrogens is 551 g/mol. The molecule has 0 radical (unpaired) electrons. The summed E-state index contributed by atoms with van der Waals surface area (Å²) in [5, 5.41) is 104. The summed E-state index contributed by atoms with van der Waals surface area (Å²) in [4.78, 5) is 52.5. The van der Waals surface area contributed by atoms with Crippen molar-refractivity contribution in [2.75, 3.05) is 0 Å². The summed E-state index contributed by atoms with van der Waals surface area (Å²) in [7, 11) is 0. The van der Waals surface area contributed by atoms with Gasteiger partial charge in [0.25, 0.3) is 17.4 Å². The molecule has 0 bridgehead atoms. The Labute approximate surface area is 228 Å². The van der Waals surface area contributed by atoms with Crippen molar-refractivity contribution in [3.63, 3.8) is 0 Å². The molecule has 0 aromatic heterocycles. The summed E-state index contributed by atoms with van der Waals surface area (Å²) >= 11 is -4.22. The van der Waals surface area contributed by atoms with Gasteiger partial charge in [0, 0.05) is 20.8 Å². The second kappa shape index (κ2) is 15.6. The fraction of sp³-hybridized carbons (Fsp3) is 0.667. The predicted octanol–water partition coefficient (Wildman–Crippen LogP) is -9.80. The average Bonchev–Trinajstić information content (AvgIpc) is 2.58. The Morgan fingerprint density at radius 3 is 0.703 bits per heavy atom. The van der Waals surface area contributed by atoms with Gasteiger partial charge in [-0.2, -0.15) is 0 Å². The Balaban J connectivity index is -0.000000297. The fourth-order valence-electron chi connectivity index (χ4n) is 0.669. The van der Waals surface area contributed by atoms with Crippen LogP contribution in [-0.2, 0) is 35.3 Å². The second-order valence-electron chi connectivity index (χ2n) is 7.18. The summed E-state index contributed by atoms with van der Waals surface area (Å²) in [5.74, 6) is -23.7. The first-order valence-corrected chi connectivity index (χ1v) is 10.1. The smallest absolute Gasteiger partial charge is 0.547 e. The molecule has 0 heterocycles. The number of carboxylic acid groups (broad SMARTS) is 2. The molecule has 22 heteroatoms. The van der Waals surface area contributed by atoms with E-state index < -0.39 is 73.9 Å². The summed E-state index contributed by atoms with van der Waals surface area (Å²) in [6.45, 7) is 3.16. The van der Waals surface area contributed by atoms with E-state index in [-0.39, 0.29) is 23.1 Å². The zero-order chi connectivity index (χ0) is 30.1. The molecule has 0 aliphatic heterocycles. The van der Waals surface area contributed by atoms with Gasteiger partial charge in [-0.05, 0) is 13.8 Å². The number of hydrogen-bond donors (Lipinski definition) is 10. The number of carboxylic acids is 2. The van der Waals surface area contributed by atoms with Gasteiger partial charge in [0.15, 0.2) is 0 Å². The van der Waals surface area contributed by atoms with Crippen LogP contribution in [0.1, 0.15) is 34.6 Å². The molecule has 0 aromatic rings. The van der Waals surface area contributed by atoms with Gasteiger partial charge in [-0.25, -0.2) is 14.4 Å². The quantitative estimate of drug-likeness (QED) is 0.0946. The molecule has 0 saturated carbocycles. The SMILES string of the molecule is CC(O)(O)C(=O)[O-].CC(O)(O)C(=O)[O-].CC(O)(O)C(=O)[O][Al]([O]C(=O)C(C)(O)O)[O]C(=O)C(C)(O)O.[Mg+2]. The van der Waals surface area contributed by atoms with Gasteiger partial charge in [-0.3, -0.25) is 0 Å².